The molecule has 0 spiro atoms. The average molecular weight is 556 g/mol. The quantitative estimate of drug-likeness (QED) is 0.266. The van der Waals surface area contributed by atoms with Gasteiger partial charge in [0.2, 0.25) is 0 Å². The Labute approximate surface area is 228 Å². The van der Waals surface area contributed by atoms with Crippen LogP contribution in [0, 0.1) is 6.92 Å². The van der Waals surface area contributed by atoms with Gasteiger partial charge in [-0.05, 0) is 80.8 Å². The minimum Gasteiger partial charge on any atom is -0.319 e. The van der Waals surface area contributed by atoms with Crippen molar-refractivity contribution in [3.8, 4) is 16.8 Å². The van der Waals surface area contributed by atoms with Crippen LogP contribution in [-0.2, 0) is 9.84 Å². The van der Waals surface area contributed by atoms with Crippen LogP contribution < -0.4 is 5.32 Å². The van der Waals surface area contributed by atoms with E-state index in [1.54, 1.807) is 30.3 Å². The Balaban J connectivity index is 0.000000301. The summed E-state index contributed by atoms with van der Waals surface area (Å²) in [7, 11) is -3.54. The van der Waals surface area contributed by atoms with Crippen LogP contribution in [0.25, 0.3) is 16.8 Å². The predicted octanol–water partition coefficient (Wildman–Crippen LogP) is 7.13. The second-order valence-electron chi connectivity index (χ2n) is 8.84. The average Bonchev–Trinajstić information content (AvgIpc) is 3.34. The number of piperidine rings is 1. The molecule has 5 nitrogen and oxygen atoms in total. The normalized spacial score (nSPS) is 15.5. The summed E-state index contributed by atoms with van der Waals surface area (Å²) in [5.74, 6) is 0. The number of carbonyl (C=O) groups excluding carboxylic acids is 1. The summed E-state index contributed by atoms with van der Waals surface area (Å²) in [6.07, 6.45) is 5.24. The lowest BCUT2D eigenvalue weighted by molar-refractivity contribution is 0.112. The zero-order chi connectivity index (χ0) is 26.4. The van der Waals surface area contributed by atoms with Crippen LogP contribution in [0.15, 0.2) is 90.0 Å². The van der Waals surface area contributed by atoms with E-state index in [0.717, 1.165) is 42.5 Å². The third kappa shape index (κ3) is 6.33. The van der Waals surface area contributed by atoms with E-state index in [9.17, 15) is 13.2 Å². The highest BCUT2D eigenvalue weighted by atomic mass is 35.5. The maximum absolute atomic E-state index is 13.6. The Morgan fingerprint density at radius 3 is 2.24 bits per heavy atom. The van der Waals surface area contributed by atoms with Gasteiger partial charge in [-0.15, -0.1) is 0 Å². The van der Waals surface area contributed by atoms with Crippen LogP contribution in [0.3, 0.4) is 0 Å². The fourth-order valence-electron chi connectivity index (χ4n) is 4.42. The first-order valence-electron chi connectivity index (χ1n) is 12.0. The third-order valence-corrected chi connectivity index (χ3v) is 8.82. The van der Waals surface area contributed by atoms with Crippen LogP contribution >= 0.6 is 23.2 Å². The molecule has 1 aliphatic heterocycles. The van der Waals surface area contributed by atoms with Gasteiger partial charge in [-0.2, -0.15) is 0 Å². The van der Waals surface area contributed by atoms with Gasteiger partial charge in [-0.25, -0.2) is 8.42 Å². The molecule has 2 heterocycles. The topological polar surface area (TPSA) is 68.2 Å². The maximum atomic E-state index is 13.6. The van der Waals surface area contributed by atoms with E-state index >= 15 is 0 Å². The van der Waals surface area contributed by atoms with Gasteiger partial charge in [0, 0.05) is 33.1 Å². The minimum atomic E-state index is -3.54. The van der Waals surface area contributed by atoms with Gasteiger partial charge in [-0.1, -0.05) is 59.6 Å². The molecular weight excluding hydrogens is 527 g/mol. The van der Waals surface area contributed by atoms with Crippen molar-refractivity contribution in [1.82, 2.24) is 9.88 Å². The zero-order valence-corrected chi connectivity index (χ0v) is 22.7. The molecule has 37 heavy (non-hydrogen) atoms. The molecule has 3 aromatic carbocycles. The molecule has 192 valence electrons. The van der Waals surface area contributed by atoms with E-state index in [2.05, 4.69) is 5.32 Å². The van der Waals surface area contributed by atoms with Crippen molar-refractivity contribution in [1.29, 1.82) is 0 Å². The molecule has 4 aromatic rings. The third-order valence-electron chi connectivity index (χ3n) is 6.26. The number of nitrogens with one attached hydrogen (secondary N) is 1. The standard InChI is InChI=1S/C22H23ClN2O2S.C7H5ClO/c1-16-7-6-14-25(16)22-19(17-8-4-9-18(23)15-17)10-5-11-20(22)28(26,27)21-12-2-3-13-24-21;8-7-3-1-2-6(4-7)5-9/h4-11,14-15,21,24H,2-3,12-13H2,1H3;1-5H. The van der Waals surface area contributed by atoms with Crippen LogP contribution in [-0.4, -0.2) is 31.2 Å². The Morgan fingerprint density at radius 2 is 1.65 bits per heavy atom. The molecule has 0 amide bonds. The second kappa shape index (κ2) is 12.1. The van der Waals surface area contributed by atoms with Crippen LogP contribution in [0.4, 0.5) is 0 Å². The lowest BCUT2D eigenvalue weighted by Crippen LogP contribution is -2.40. The number of hydrogen-bond donors (Lipinski definition) is 1. The molecule has 1 atom stereocenters. The van der Waals surface area contributed by atoms with Crippen molar-refractivity contribution in [3.05, 3.63) is 106 Å². The van der Waals surface area contributed by atoms with Crippen LogP contribution in [0.2, 0.25) is 10.0 Å². The molecule has 0 saturated carbocycles. The number of carbonyl (C=O) groups is 1. The summed E-state index contributed by atoms with van der Waals surface area (Å²) in [5, 5.41) is 3.86. The fourth-order valence-corrected chi connectivity index (χ4v) is 6.68. The first-order chi connectivity index (χ1) is 17.8. The first-order valence-corrected chi connectivity index (χ1v) is 14.3. The molecule has 0 bridgehead atoms. The predicted molar refractivity (Wildman–Crippen MR) is 151 cm³/mol. The van der Waals surface area contributed by atoms with E-state index in [0.29, 0.717) is 32.6 Å². The highest BCUT2D eigenvalue weighted by Crippen LogP contribution is 2.36. The van der Waals surface area contributed by atoms with Gasteiger partial charge in [0.15, 0.2) is 9.84 Å². The monoisotopic (exact) mass is 554 g/mol. The van der Waals surface area contributed by atoms with Gasteiger partial charge in [0.25, 0.3) is 0 Å². The number of benzene rings is 3. The molecule has 1 fully saturated rings. The van der Waals surface area contributed by atoms with Gasteiger partial charge in [0.1, 0.15) is 11.7 Å². The summed E-state index contributed by atoms with van der Waals surface area (Å²) >= 11 is 11.8. The number of aromatic nitrogens is 1. The molecule has 1 N–H and O–H groups in total. The number of aryl methyl sites for hydroxylation is 1. The fraction of sp³-hybridized carbons (Fsp3) is 0.207. The number of aldehydes is 1. The largest absolute Gasteiger partial charge is 0.319 e. The van der Waals surface area contributed by atoms with Gasteiger partial charge >= 0.3 is 0 Å². The molecule has 5 rings (SSSR count). The second-order valence-corrected chi connectivity index (χ2v) is 11.8. The van der Waals surface area contributed by atoms with E-state index in [4.69, 9.17) is 23.2 Å². The van der Waals surface area contributed by atoms with E-state index < -0.39 is 15.2 Å². The summed E-state index contributed by atoms with van der Waals surface area (Å²) in [5.41, 5.74) is 4.01. The number of rotatable bonds is 5. The first kappa shape index (κ1) is 27.1. The Hall–Kier alpha value is -2.90. The molecule has 1 aromatic heterocycles. The Bertz CT molecular complexity index is 1490. The van der Waals surface area contributed by atoms with Gasteiger partial charge < -0.3 is 9.88 Å². The van der Waals surface area contributed by atoms with Crippen LogP contribution in [0.5, 0.6) is 0 Å². The van der Waals surface area contributed by atoms with E-state index in [-0.39, 0.29) is 0 Å². The summed E-state index contributed by atoms with van der Waals surface area (Å²) in [6, 6.07) is 23.7. The van der Waals surface area contributed by atoms with Crippen molar-refractivity contribution >= 4 is 39.3 Å². The van der Waals surface area contributed by atoms with Gasteiger partial charge in [0.05, 0.1) is 10.6 Å². The van der Waals surface area contributed by atoms with Crippen molar-refractivity contribution in [2.45, 2.75) is 36.5 Å². The number of halogens is 2. The molecule has 0 aliphatic carbocycles. The Morgan fingerprint density at radius 1 is 0.919 bits per heavy atom. The lowest BCUT2D eigenvalue weighted by Gasteiger charge is -2.26. The number of para-hydroxylation sites is 1. The van der Waals surface area contributed by atoms with E-state index in [1.165, 1.54) is 0 Å². The minimum absolute atomic E-state index is 0.351. The zero-order valence-electron chi connectivity index (χ0n) is 20.4. The van der Waals surface area contributed by atoms with E-state index in [1.807, 2.05) is 66.2 Å². The van der Waals surface area contributed by atoms with Crippen LogP contribution in [0.1, 0.15) is 35.3 Å². The molecule has 0 radical (unpaired) electrons. The molecular formula is C29H28Cl2N2O3S. The lowest BCUT2D eigenvalue weighted by atomic mass is 10.0. The van der Waals surface area contributed by atoms with Crippen molar-refractivity contribution in [2.75, 3.05) is 6.54 Å². The number of hydrogen-bond acceptors (Lipinski definition) is 4. The van der Waals surface area contributed by atoms with Crippen molar-refractivity contribution in [3.63, 3.8) is 0 Å². The summed E-state index contributed by atoms with van der Waals surface area (Å²) < 4.78 is 29.1. The van der Waals surface area contributed by atoms with Gasteiger partial charge in [-0.3, -0.25) is 4.79 Å². The molecule has 8 heteroatoms. The summed E-state index contributed by atoms with van der Waals surface area (Å²) in [6.45, 7) is 2.71. The maximum Gasteiger partial charge on any atom is 0.196 e. The Kier molecular flexibility index (Phi) is 8.87. The number of sulfone groups is 1. The van der Waals surface area contributed by atoms with Crippen molar-refractivity contribution < 1.29 is 13.2 Å². The summed E-state index contributed by atoms with van der Waals surface area (Å²) in [4.78, 5) is 10.5. The highest BCUT2D eigenvalue weighted by molar-refractivity contribution is 7.92. The molecule has 1 unspecified atom stereocenters. The van der Waals surface area contributed by atoms with Crippen molar-refractivity contribution in [2.24, 2.45) is 0 Å². The smallest absolute Gasteiger partial charge is 0.196 e. The molecule has 1 aliphatic rings. The molecule has 1 saturated heterocycles. The SMILES string of the molecule is Cc1cccn1-c1c(-c2cccc(Cl)c2)cccc1S(=O)(=O)C1CCCCN1.O=Cc1cccc(Cl)c1. The number of nitrogens with zero attached hydrogens (tertiary/aromatic N) is 1. The highest BCUT2D eigenvalue weighted by Gasteiger charge is 2.32.